The summed E-state index contributed by atoms with van der Waals surface area (Å²) in [6.45, 7) is 0.148. The van der Waals surface area contributed by atoms with Crippen LogP contribution in [0.15, 0.2) is 60.7 Å². The lowest BCUT2D eigenvalue weighted by Gasteiger charge is -2.30. The van der Waals surface area contributed by atoms with Gasteiger partial charge in [-0.25, -0.2) is 4.79 Å². The number of likely N-dealkylation sites (N-methyl/N-ethyl adjacent to an activating group) is 1. The summed E-state index contributed by atoms with van der Waals surface area (Å²) in [7, 11) is 3.25. The van der Waals surface area contributed by atoms with Crippen LogP contribution in [0.5, 0.6) is 0 Å². The van der Waals surface area contributed by atoms with Crippen molar-refractivity contribution in [1.82, 2.24) is 9.80 Å². The second kappa shape index (κ2) is 7.45. The molecule has 2 rings (SSSR count). The number of benzene rings is 2. The van der Waals surface area contributed by atoms with Gasteiger partial charge in [0.05, 0.1) is 6.54 Å². The summed E-state index contributed by atoms with van der Waals surface area (Å²) in [5.74, 6) is -0.269. The normalized spacial score (nSPS) is 11.6. The van der Waals surface area contributed by atoms with Crippen LogP contribution < -0.4 is 0 Å². The van der Waals surface area contributed by atoms with Crippen LogP contribution in [0.3, 0.4) is 0 Å². The van der Waals surface area contributed by atoms with E-state index in [1.165, 1.54) is 9.80 Å². The van der Waals surface area contributed by atoms with Crippen LogP contribution in [-0.2, 0) is 11.3 Å². The molecule has 0 spiro atoms. The van der Waals surface area contributed by atoms with Gasteiger partial charge in [0.2, 0.25) is 5.91 Å². The van der Waals surface area contributed by atoms with Crippen molar-refractivity contribution in [2.75, 3.05) is 14.1 Å². The smallest absolute Gasteiger partial charge is 0.408 e. The van der Waals surface area contributed by atoms with Crippen molar-refractivity contribution in [3.8, 4) is 0 Å². The largest absolute Gasteiger partial charge is 0.465 e. The van der Waals surface area contributed by atoms with E-state index in [0.29, 0.717) is 5.56 Å². The Morgan fingerprint density at radius 3 is 1.96 bits per heavy atom. The molecule has 23 heavy (non-hydrogen) atoms. The standard InChI is InChI=1S/C18H20N2O3/c1-19(2)17(21)16(15-11-7-4-8-12-15)20(18(22)23)13-14-9-5-3-6-10-14/h3-12,16H,13H2,1-2H3,(H,22,23)/t16-/m0/s1. The van der Waals surface area contributed by atoms with Crippen molar-refractivity contribution in [1.29, 1.82) is 0 Å². The zero-order valence-electron chi connectivity index (χ0n) is 13.2. The molecule has 0 aliphatic heterocycles. The van der Waals surface area contributed by atoms with Gasteiger partial charge in [-0.15, -0.1) is 0 Å². The molecule has 0 saturated heterocycles. The van der Waals surface area contributed by atoms with Gasteiger partial charge in [-0.3, -0.25) is 9.69 Å². The molecule has 0 unspecified atom stereocenters. The number of carbonyl (C=O) groups excluding carboxylic acids is 1. The number of rotatable bonds is 5. The van der Waals surface area contributed by atoms with E-state index in [-0.39, 0.29) is 12.5 Å². The molecule has 1 atom stereocenters. The molecule has 2 aromatic rings. The number of carboxylic acid groups (broad SMARTS) is 1. The Bertz CT molecular complexity index is 656. The summed E-state index contributed by atoms with van der Waals surface area (Å²) in [4.78, 5) is 27.0. The summed E-state index contributed by atoms with van der Waals surface area (Å²) in [6.07, 6.45) is -1.13. The van der Waals surface area contributed by atoms with Gasteiger partial charge in [0.15, 0.2) is 0 Å². The fraction of sp³-hybridized carbons (Fsp3) is 0.222. The summed E-state index contributed by atoms with van der Waals surface area (Å²) in [5.41, 5.74) is 1.49. The molecule has 0 bridgehead atoms. The molecule has 0 fully saturated rings. The lowest BCUT2D eigenvalue weighted by molar-refractivity contribution is -0.134. The van der Waals surface area contributed by atoms with E-state index >= 15 is 0 Å². The van der Waals surface area contributed by atoms with Gasteiger partial charge in [0, 0.05) is 14.1 Å². The predicted molar refractivity (Wildman–Crippen MR) is 87.9 cm³/mol. The highest BCUT2D eigenvalue weighted by Crippen LogP contribution is 2.25. The van der Waals surface area contributed by atoms with Crippen LogP contribution in [0.4, 0.5) is 4.79 Å². The molecule has 0 heterocycles. The van der Waals surface area contributed by atoms with Crippen molar-refractivity contribution in [3.63, 3.8) is 0 Å². The quantitative estimate of drug-likeness (QED) is 0.923. The third-order valence-electron chi connectivity index (χ3n) is 3.54. The van der Waals surface area contributed by atoms with Gasteiger partial charge in [-0.2, -0.15) is 0 Å². The molecule has 0 aliphatic carbocycles. The van der Waals surface area contributed by atoms with Crippen molar-refractivity contribution in [2.24, 2.45) is 0 Å². The number of hydrogen-bond donors (Lipinski definition) is 1. The van der Waals surface area contributed by atoms with Crippen molar-refractivity contribution < 1.29 is 14.7 Å². The lowest BCUT2D eigenvalue weighted by Crippen LogP contribution is -2.42. The fourth-order valence-electron chi connectivity index (χ4n) is 2.39. The first-order chi connectivity index (χ1) is 11.0. The first-order valence-corrected chi connectivity index (χ1v) is 7.30. The van der Waals surface area contributed by atoms with Gasteiger partial charge in [0.25, 0.3) is 0 Å². The molecular formula is C18H20N2O3. The molecule has 0 aliphatic rings. The topological polar surface area (TPSA) is 60.9 Å². The Labute approximate surface area is 135 Å². The van der Waals surface area contributed by atoms with Crippen LogP contribution in [-0.4, -0.2) is 41.0 Å². The third-order valence-corrected chi connectivity index (χ3v) is 3.54. The second-order valence-corrected chi connectivity index (χ2v) is 5.44. The predicted octanol–water partition coefficient (Wildman–Crippen LogP) is 3.00. The zero-order valence-corrected chi connectivity index (χ0v) is 13.2. The average molecular weight is 312 g/mol. The highest BCUT2D eigenvalue weighted by molar-refractivity contribution is 5.86. The number of nitrogens with zero attached hydrogens (tertiary/aromatic N) is 2. The van der Waals surface area contributed by atoms with Crippen LogP contribution in [0.25, 0.3) is 0 Å². The molecule has 0 aromatic heterocycles. The Balaban J connectivity index is 2.41. The van der Waals surface area contributed by atoms with E-state index in [9.17, 15) is 14.7 Å². The van der Waals surface area contributed by atoms with Gasteiger partial charge < -0.3 is 10.0 Å². The van der Waals surface area contributed by atoms with Crippen LogP contribution in [0, 0.1) is 0 Å². The molecule has 120 valence electrons. The Morgan fingerprint density at radius 2 is 1.48 bits per heavy atom. The number of amides is 2. The van der Waals surface area contributed by atoms with Crippen molar-refractivity contribution >= 4 is 12.0 Å². The maximum absolute atomic E-state index is 12.6. The van der Waals surface area contributed by atoms with Gasteiger partial charge >= 0.3 is 6.09 Å². The summed E-state index contributed by atoms with van der Waals surface area (Å²) >= 11 is 0. The average Bonchev–Trinajstić information content (AvgIpc) is 2.55. The van der Waals surface area contributed by atoms with Gasteiger partial charge in [0.1, 0.15) is 6.04 Å². The Kier molecular flexibility index (Phi) is 5.36. The second-order valence-electron chi connectivity index (χ2n) is 5.44. The van der Waals surface area contributed by atoms with Crippen molar-refractivity contribution in [2.45, 2.75) is 12.6 Å². The number of hydrogen-bond acceptors (Lipinski definition) is 2. The first-order valence-electron chi connectivity index (χ1n) is 7.30. The minimum atomic E-state index is -1.13. The molecule has 1 N–H and O–H groups in total. The summed E-state index contributed by atoms with van der Waals surface area (Å²) in [5, 5.41) is 9.65. The van der Waals surface area contributed by atoms with Gasteiger partial charge in [-0.1, -0.05) is 60.7 Å². The highest BCUT2D eigenvalue weighted by atomic mass is 16.4. The highest BCUT2D eigenvalue weighted by Gasteiger charge is 2.32. The fourth-order valence-corrected chi connectivity index (χ4v) is 2.39. The first kappa shape index (κ1) is 16.5. The van der Waals surface area contributed by atoms with Crippen LogP contribution in [0.1, 0.15) is 17.2 Å². The summed E-state index contributed by atoms with van der Waals surface area (Å²) in [6, 6.07) is 17.4. The van der Waals surface area contributed by atoms with Gasteiger partial charge in [-0.05, 0) is 11.1 Å². The molecule has 5 nitrogen and oxygen atoms in total. The minimum absolute atomic E-state index is 0.148. The Morgan fingerprint density at radius 1 is 0.957 bits per heavy atom. The third kappa shape index (κ3) is 4.10. The molecule has 5 heteroatoms. The Hall–Kier alpha value is -2.82. The van der Waals surface area contributed by atoms with Crippen LogP contribution >= 0.6 is 0 Å². The minimum Gasteiger partial charge on any atom is -0.465 e. The van der Waals surface area contributed by atoms with E-state index in [1.807, 2.05) is 36.4 Å². The zero-order chi connectivity index (χ0) is 16.8. The monoisotopic (exact) mass is 312 g/mol. The van der Waals surface area contributed by atoms with E-state index < -0.39 is 12.1 Å². The van der Waals surface area contributed by atoms with E-state index in [2.05, 4.69) is 0 Å². The molecule has 2 aromatic carbocycles. The van der Waals surface area contributed by atoms with Crippen LogP contribution in [0.2, 0.25) is 0 Å². The SMILES string of the molecule is CN(C)C(=O)[C@H](c1ccccc1)N(Cc1ccccc1)C(=O)O. The van der Waals surface area contributed by atoms with E-state index in [4.69, 9.17) is 0 Å². The molecule has 2 amide bonds. The lowest BCUT2D eigenvalue weighted by atomic mass is 10.0. The maximum atomic E-state index is 12.6. The number of carbonyl (C=O) groups is 2. The van der Waals surface area contributed by atoms with E-state index in [0.717, 1.165) is 5.56 Å². The van der Waals surface area contributed by atoms with Crippen molar-refractivity contribution in [3.05, 3.63) is 71.8 Å². The molecule has 0 saturated carbocycles. The molecule has 0 radical (unpaired) electrons. The maximum Gasteiger partial charge on any atom is 0.408 e. The summed E-state index contributed by atoms with van der Waals surface area (Å²) < 4.78 is 0. The van der Waals surface area contributed by atoms with E-state index in [1.54, 1.807) is 38.4 Å². The molecular weight excluding hydrogens is 292 g/mol.